The largest absolute Gasteiger partial charge is 0.352 e. The van der Waals surface area contributed by atoms with E-state index in [1.807, 2.05) is 66.7 Å². The van der Waals surface area contributed by atoms with Crippen molar-refractivity contribution < 1.29 is 18.0 Å². The van der Waals surface area contributed by atoms with Gasteiger partial charge in [0.2, 0.25) is 21.8 Å². The fourth-order valence-corrected chi connectivity index (χ4v) is 6.27. The van der Waals surface area contributed by atoms with Crippen molar-refractivity contribution in [3.63, 3.8) is 0 Å². The average molecular weight is 562 g/mol. The van der Waals surface area contributed by atoms with E-state index < -0.39 is 16.1 Å². The number of hydrogen-bond donors (Lipinski definition) is 1. The van der Waals surface area contributed by atoms with Crippen LogP contribution in [0.2, 0.25) is 0 Å². The number of nitrogens with zero attached hydrogens (tertiary/aromatic N) is 2. The molecule has 0 radical (unpaired) electrons. The molecule has 212 valence electrons. The van der Waals surface area contributed by atoms with Crippen LogP contribution in [0.5, 0.6) is 0 Å². The number of para-hydroxylation sites is 1. The lowest BCUT2D eigenvalue weighted by molar-refractivity contribution is -0.141. The molecule has 0 spiro atoms. The molecule has 2 amide bonds. The lowest BCUT2D eigenvalue weighted by atomic mass is 10.0. The number of hydrogen-bond acceptors (Lipinski definition) is 4. The summed E-state index contributed by atoms with van der Waals surface area (Å²) in [5.74, 6) is -0.310. The lowest BCUT2D eigenvalue weighted by Gasteiger charge is -2.32. The fourth-order valence-electron chi connectivity index (χ4n) is 5.30. The highest BCUT2D eigenvalue weighted by Crippen LogP contribution is 2.22. The first-order valence-electron chi connectivity index (χ1n) is 14.0. The molecule has 1 fully saturated rings. The molecule has 1 atom stereocenters. The molecule has 1 aliphatic rings. The Morgan fingerprint density at radius 2 is 1.40 bits per heavy atom. The van der Waals surface area contributed by atoms with Crippen LogP contribution in [0.1, 0.15) is 49.7 Å². The van der Waals surface area contributed by atoms with Gasteiger partial charge < -0.3 is 10.2 Å². The van der Waals surface area contributed by atoms with Gasteiger partial charge in [0, 0.05) is 32.0 Å². The number of amides is 2. The summed E-state index contributed by atoms with van der Waals surface area (Å²) < 4.78 is 26.4. The fraction of sp³-hybridized carbons (Fsp3) is 0.375. The summed E-state index contributed by atoms with van der Waals surface area (Å²) in [5, 5.41) is 3.22. The molecule has 1 N–H and O–H groups in total. The molecule has 3 aromatic rings. The second-order valence-electron chi connectivity index (χ2n) is 10.5. The number of sulfonamides is 1. The van der Waals surface area contributed by atoms with Gasteiger partial charge in [-0.05, 0) is 42.5 Å². The number of anilines is 1. The molecule has 1 saturated carbocycles. The highest BCUT2D eigenvalue weighted by atomic mass is 32.2. The molecular formula is C32H39N3O4S. The summed E-state index contributed by atoms with van der Waals surface area (Å²) in [6.45, 7) is 0.467. The molecule has 1 aliphatic carbocycles. The van der Waals surface area contributed by atoms with Crippen LogP contribution >= 0.6 is 0 Å². The maximum Gasteiger partial charge on any atom is 0.243 e. The first-order chi connectivity index (χ1) is 19.3. The van der Waals surface area contributed by atoms with Gasteiger partial charge in [-0.15, -0.1) is 0 Å². The van der Waals surface area contributed by atoms with E-state index in [0.29, 0.717) is 25.1 Å². The smallest absolute Gasteiger partial charge is 0.243 e. The topological polar surface area (TPSA) is 86.8 Å². The van der Waals surface area contributed by atoms with Crippen LogP contribution < -0.4 is 9.62 Å². The van der Waals surface area contributed by atoms with Crippen LogP contribution in [0, 0.1) is 0 Å². The van der Waals surface area contributed by atoms with E-state index in [9.17, 15) is 18.0 Å². The molecule has 0 bridgehead atoms. The summed E-state index contributed by atoms with van der Waals surface area (Å²) >= 11 is 0. The molecule has 4 rings (SSSR count). The van der Waals surface area contributed by atoms with E-state index in [1.54, 1.807) is 29.2 Å². The second-order valence-corrected chi connectivity index (χ2v) is 12.4. The average Bonchev–Trinajstić information content (AvgIpc) is 3.47. The Morgan fingerprint density at radius 3 is 1.98 bits per heavy atom. The Labute approximate surface area is 238 Å². The van der Waals surface area contributed by atoms with Gasteiger partial charge in [0.05, 0.1) is 11.9 Å². The lowest BCUT2D eigenvalue weighted by Crippen LogP contribution is -2.52. The second kappa shape index (κ2) is 14.1. The summed E-state index contributed by atoms with van der Waals surface area (Å²) in [6.07, 6.45) is 6.12. The van der Waals surface area contributed by atoms with Crippen molar-refractivity contribution in [1.29, 1.82) is 0 Å². The Hall–Kier alpha value is -3.65. The number of rotatable bonds is 13. The van der Waals surface area contributed by atoms with Crippen LogP contribution in [-0.4, -0.2) is 50.0 Å². The highest BCUT2D eigenvalue weighted by molar-refractivity contribution is 7.92. The van der Waals surface area contributed by atoms with Crippen LogP contribution in [0.15, 0.2) is 91.0 Å². The van der Waals surface area contributed by atoms with E-state index in [0.717, 1.165) is 36.8 Å². The zero-order chi connectivity index (χ0) is 28.4. The third-order valence-corrected chi connectivity index (χ3v) is 8.56. The number of carbonyl (C=O) groups excluding carboxylic acids is 2. The normalized spacial score (nSPS) is 14.4. The molecule has 0 saturated heterocycles. The van der Waals surface area contributed by atoms with Gasteiger partial charge >= 0.3 is 0 Å². The minimum Gasteiger partial charge on any atom is -0.352 e. The minimum atomic E-state index is -3.52. The molecule has 0 aliphatic heterocycles. The molecule has 3 aromatic carbocycles. The predicted octanol–water partition coefficient (Wildman–Crippen LogP) is 4.93. The van der Waals surface area contributed by atoms with E-state index in [1.165, 1.54) is 10.6 Å². The number of nitrogens with one attached hydrogen (secondary N) is 1. The SMILES string of the molecule is CS(=O)(=O)N(CCCC(=O)N(Cc1ccccc1)[C@H](Cc1ccccc1)C(=O)NC1CCCC1)c1ccccc1. The summed E-state index contributed by atoms with van der Waals surface area (Å²) in [4.78, 5) is 29.3. The van der Waals surface area contributed by atoms with Gasteiger partial charge in [0.25, 0.3) is 0 Å². The van der Waals surface area contributed by atoms with Crippen molar-refractivity contribution in [3.8, 4) is 0 Å². The zero-order valence-corrected chi connectivity index (χ0v) is 23.9. The van der Waals surface area contributed by atoms with E-state index in [-0.39, 0.29) is 30.8 Å². The minimum absolute atomic E-state index is 0.119. The molecule has 0 unspecified atom stereocenters. The maximum atomic E-state index is 13.9. The number of carbonyl (C=O) groups is 2. The molecular weight excluding hydrogens is 522 g/mol. The van der Waals surface area contributed by atoms with E-state index in [4.69, 9.17) is 0 Å². The van der Waals surface area contributed by atoms with Gasteiger partial charge in [-0.2, -0.15) is 0 Å². The summed E-state index contributed by atoms with van der Waals surface area (Å²) in [6, 6.07) is 27.8. The van der Waals surface area contributed by atoms with Crippen molar-refractivity contribution in [1.82, 2.24) is 10.2 Å². The zero-order valence-electron chi connectivity index (χ0n) is 23.1. The van der Waals surface area contributed by atoms with Gasteiger partial charge in [0.15, 0.2) is 0 Å². The Balaban J connectivity index is 1.56. The predicted molar refractivity (Wildman–Crippen MR) is 159 cm³/mol. The van der Waals surface area contributed by atoms with Crippen molar-refractivity contribution in [3.05, 3.63) is 102 Å². The molecule has 0 aromatic heterocycles. The van der Waals surface area contributed by atoms with Crippen LogP contribution in [0.25, 0.3) is 0 Å². The summed E-state index contributed by atoms with van der Waals surface area (Å²) in [5.41, 5.74) is 2.48. The van der Waals surface area contributed by atoms with Crippen LogP contribution in [0.3, 0.4) is 0 Å². The monoisotopic (exact) mass is 561 g/mol. The van der Waals surface area contributed by atoms with Crippen molar-refractivity contribution in [2.75, 3.05) is 17.1 Å². The van der Waals surface area contributed by atoms with Crippen molar-refractivity contribution in [2.24, 2.45) is 0 Å². The first-order valence-corrected chi connectivity index (χ1v) is 15.9. The Bertz CT molecular complexity index is 1330. The molecule has 40 heavy (non-hydrogen) atoms. The van der Waals surface area contributed by atoms with Crippen LogP contribution in [-0.2, 0) is 32.6 Å². The van der Waals surface area contributed by atoms with Crippen molar-refractivity contribution >= 4 is 27.5 Å². The van der Waals surface area contributed by atoms with E-state index in [2.05, 4.69) is 5.32 Å². The van der Waals surface area contributed by atoms with Gasteiger partial charge in [-0.25, -0.2) is 8.42 Å². The van der Waals surface area contributed by atoms with Crippen LogP contribution in [0.4, 0.5) is 5.69 Å². The van der Waals surface area contributed by atoms with E-state index >= 15 is 0 Å². The molecule has 7 nitrogen and oxygen atoms in total. The summed E-state index contributed by atoms with van der Waals surface area (Å²) in [7, 11) is -3.52. The quantitative estimate of drug-likeness (QED) is 0.321. The number of benzene rings is 3. The van der Waals surface area contributed by atoms with Gasteiger partial charge in [0.1, 0.15) is 6.04 Å². The van der Waals surface area contributed by atoms with Gasteiger partial charge in [-0.1, -0.05) is 91.7 Å². The third-order valence-electron chi connectivity index (χ3n) is 7.36. The third kappa shape index (κ3) is 8.42. The molecule has 0 heterocycles. The maximum absolute atomic E-state index is 13.9. The van der Waals surface area contributed by atoms with Crippen molar-refractivity contribution in [2.45, 2.75) is 63.6 Å². The Kier molecular flexibility index (Phi) is 10.4. The molecule has 8 heteroatoms. The standard InChI is InChI=1S/C32H39N3O4S/c1-40(38,39)35(29-20-9-4-10-21-29)23-13-22-31(36)34(25-27-16-7-3-8-17-27)30(24-26-14-5-2-6-15-26)32(37)33-28-18-11-12-19-28/h2-10,14-17,20-21,28,30H,11-13,18-19,22-25H2,1H3,(H,33,37)/t30-/m1/s1. The van der Waals surface area contributed by atoms with Gasteiger partial charge in [-0.3, -0.25) is 13.9 Å². The first kappa shape index (κ1) is 29.3. The Morgan fingerprint density at radius 1 is 0.850 bits per heavy atom. The highest BCUT2D eigenvalue weighted by Gasteiger charge is 2.32.